The summed E-state index contributed by atoms with van der Waals surface area (Å²) in [6.07, 6.45) is 0. The van der Waals surface area contributed by atoms with Crippen LogP contribution in [0, 0.1) is 11.3 Å². The summed E-state index contributed by atoms with van der Waals surface area (Å²) in [4.78, 5) is 15.9. The first-order valence-corrected chi connectivity index (χ1v) is 21.7. The Balaban J connectivity index is 1.32. The van der Waals surface area contributed by atoms with Gasteiger partial charge in [0.05, 0.1) is 55.7 Å². The molecule has 0 fully saturated rings. The lowest BCUT2D eigenvalue weighted by Gasteiger charge is -2.25. The van der Waals surface area contributed by atoms with Gasteiger partial charge >= 0.3 is 0 Å². The number of hydrogen-bond donors (Lipinski definition) is 0. The third-order valence-corrected chi connectivity index (χ3v) is 12.7. The number of hydrogen-bond acceptors (Lipinski definition) is 4. The van der Waals surface area contributed by atoms with Crippen molar-refractivity contribution in [2.24, 2.45) is 0 Å². The summed E-state index contributed by atoms with van der Waals surface area (Å²) in [6, 6.07) is 76.1. The minimum atomic E-state index is 0.446. The second-order valence-corrected chi connectivity index (χ2v) is 16.3. The molecule has 0 spiro atoms. The van der Waals surface area contributed by atoms with Crippen molar-refractivity contribution in [3.8, 4) is 57.3 Å². The highest BCUT2D eigenvalue weighted by Gasteiger charge is 2.31. The maximum atomic E-state index is 11.8. The Labute approximate surface area is 373 Å². The minimum Gasteiger partial charge on any atom is -0.306 e. The highest BCUT2D eigenvalue weighted by atomic mass is 15.1. The van der Waals surface area contributed by atoms with Gasteiger partial charge in [-0.15, -0.1) is 0 Å². The van der Waals surface area contributed by atoms with Gasteiger partial charge in [-0.1, -0.05) is 170 Å². The van der Waals surface area contributed by atoms with Gasteiger partial charge in [-0.2, -0.15) is 5.26 Å². The fourth-order valence-corrected chi connectivity index (χ4v) is 9.99. The van der Waals surface area contributed by atoms with Crippen LogP contribution in [0.4, 0.5) is 0 Å². The molecule has 0 N–H and O–H groups in total. The first-order chi connectivity index (χ1) is 32.2. The molecule has 0 aliphatic rings. The lowest BCUT2D eigenvalue weighted by molar-refractivity contribution is 1.03. The van der Waals surface area contributed by atoms with E-state index in [9.17, 15) is 5.26 Å². The Hall–Kier alpha value is -9.12. The number of nitriles is 1. The Morgan fingerprint density at radius 1 is 0.308 bits per heavy atom. The van der Waals surface area contributed by atoms with Crippen LogP contribution in [0.2, 0.25) is 0 Å². The molecule has 9 aromatic carbocycles. The van der Waals surface area contributed by atoms with Gasteiger partial charge in [0, 0.05) is 49.0 Å². The van der Waals surface area contributed by atoms with Crippen LogP contribution in [0.1, 0.15) is 5.56 Å². The molecule has 0 unspecified atom stereocenters. The van der Waals surface area contributed by atoms with E-state index in [2.05, 4.69) is 165 Å². The Morgan fingerprint density at radius 3 is 0.954 bits per heavy atom. The fourth-order valence-electron chi connectivity index (χ4n) is 9.99. The van der Waals surface area contributed by atoms with Crippen LogP contribution in [0.3, 0.4) is 0 Å². The molecule has 302 valence electrons. The van der Waals surface area contributed by atoms with Crippen molar-refractivity contribution in [2.75, 3.05) is 0 Å². The Morgan fingerprint density at radius 2 is 0.600 bits per heavy atom. The maximum absolute atomic E-state index is 11.8. The molecule has 4 heterocycles. The zero-order valence-electron chi connectivity index (χ0n) is 34.8. The third-order valence-electron chi connectivity index (χ3n) is 12.7. The fraction of sp³-hybridized carbons (Fsp3) is 0. The number of aromatic nitrogens is 6. The molecule has 0 atom stereocenters. The molecule has 0 amide bonds. The zero-order chi connectivity index (χ0) is 43.0. The first kappa shape index (κ1) is 36.5. The van der Waals surface area contributed by atoms with Gasteiger partial charge in [0.15, 0.2) is 17.5 Å². The van der Waals surface area contributed by atoms with Gasteiger partial charge in [-0.25, -0.2) is 15.0 Å². The van der Waals surface area contributed by atoms with Crippen LogP contribution >= 0.6 is 0 Å². The summed E-state index contributed by atoms with van der Waals surface area (Å²) in [5.41, 5.74) is 11.3. The molecule has 13 aromatic rings. The summed E-state index contributed by atoms with van der Waals surface area (Å²) >= 11 is 0. The number of benzene rings is 9. The second-order valence-electron chi connectivity index (χ2n) is 16.3. The van der Waals surface area contributed by atoms with Crippen LogP contribution in [-0.4, -0.2) is 28.7 Å². The molecule has 0 saturated heterocycles. The average Bonchev–Trinajstić information content (AvgIpc) is 4.02. The number of nitrogens with zero attached hydrogens (tertiary/aromatic N) is 7. The maximum Gasteiger partial charge on any atom is 0.166 e. The normalized spacial score (nSPS) is 11.7. The van der Waals surface area contributed by atoms with Crippen LogP contribution in [0.5, 0.6) is 0 Å². The number of para-hydroxylation sites is 6. The molecule has 7 nitrogen and oxygen atoms in total. The monoisotopic (exact) mass is 829 g/mol. The summed E-state index contributed by atoms with van der Waals surface area (Å²) in [5.74, 6) is 1.51. The van der Waals surface area contributed by atoms with E-state index in [1.807, 2.05) is 66.7 Å². The smallest absolute Gasteiger partial charge is 0.166 e. The zero-order valence-corrected chi connectivity index (χ0v) is 34.8. The number of rotatable bonds is 6. The van der Waals surface area contributed by atoms with E-state index in [1.54, 1.807) is 0 Å². The molecule has 65 heavy (non-hydrogen) atoms. The van der Waals surface area contributed by atoms with Crippen molar-refractivity contribution in [1.29, 1.82) is 5.26 Å². The summed E-state index contributed by atoms with van der Waals surface area (Å²) in [7, 11) is 0. The van der Waals surface area contributed by atoms with E-state index in [0.29, 0.717) is 28.6 Å². The molecule has 0 bridgehead atoms. The average molecular weight is 830 g/mol. The lowest BCUT2D eigenvalue weighted by atomic mass is 10.0. The van der Waals surface area contributed by atoms with Gasteiger partial charge in [-0.3, -0.25) is 0 Å². The second kappa shape index (κ2) is 14.5. The van der Waals surface area contributed by atoms with Gasteiger partial charge in [0.25, 0.3) is 0 Å². The van der Waals surface area contributed by atoms with Crippen molar-refractivity contribution >= 4 is 65.4 Å². The molecule has 13 rings (SSSR count). The summed E-state index contributed by atoms with van der Waals surface area (Å²) in [6.45, 7) is 0. The van der Waals surface area contributed by atoms with Crippen molar-refractivity contribution < 1.29 is 0 Å². The third kappa shape index (κ3) is 5.51. The highest BCUT2D eigenvalue weighted by molar-refractivity contribution is 6.14. The van der Waals surface area contributed by atoms with E-state index in [4.69, 9.17) is 15.0 Å². The van der Waals surface area contributed by atoms with Crippen molar-refractivity contribution in [3.05, 3.63) is 218 Å². The number of fused-ring (bicyclic) bond motifs is 9. The van der Waals surface area contributed by atoms with E-state index in [1.165, 1.54) is 0 Å². The van der Waals surface area contributed by atoms with Gasteiger partial charge in [-0.05, 0) is 42.5 Å². The van der Waals surface area contributed by atoms with E-state index >= 15 is 0 Å². The van der Waals surface area contributed by atoms with E-state index < -0.39 is 0 Å². The van der Waals surface area contributed by atoms with Crippen molar-refractivity contribution in [3.63, 3.8) is 0 Å². The van der Waals surface area contributed by atoms with Crippen LogP contribution < -0.4 is 0 Å². The van der Waals surface area contributed by atoms with Gasteiger partial charge in [0.2, 0.25) is 0 Å². The molecular weight excluding hydrogens is 795 g/mol. The van der Waals surface area contributed by atoms with Crippen molar-refractivity contribution in [2.45, 2.75) is 0 Å². The molecular formula is C58H35N7. The van der Waals surface area contributed by atoms with Crippen molar-refractivity contribution in [1.82, 2.24) is 28.7 Å². The van der Waals surface area contributed by atoms with Crippen LogP contribution in [0.15, 0.2) is 212 Å². The Kier molecular flexibility index (Phi) is 8.14. The first-order valence-electron chi connectivity index (χ1n) is 21.7. The largest absolute Gasteiger partial charge is 0.306 e. The SMILES string of the molecule is N#Cc1cc(-c2nc(-c3ccccc3)nc(-c3ccccc3)n2)c(-n2c3ccccc3c3ccccc32)c(-n2c3ccccc3c3ccccc32)c1-n1c2ccccc2c2ccccc21. The van der Waals surface area contributed by atoms with Gasteiger partial charge in [0.1, 0.15) is 6.07 Å². The van der Waals surface area contributed by atoms with Crippen LogP contribution in [-0.2, 0) is 0 Å². The van der Waals surface area contributed by atoms with E-state index in [-0.39, 0.29) is 0 Å². The summed E-state index contributed by atoms with van der Waals surface area (Å²) < 4.78 is 7.03. The Bertz CT molecular complexity index is 3860. The molecule has 0 aliphatic carbocycles. The molecule has 0 radical (unpaired) electrons. The quantitative estimate of drug-likeness (QED) is 0.167. The van der Waals surface area contributed by atoms with Crippen LogP contribution in [0.25, 0.3) is 117 Å². The topological polar surface area (TPSA) is 77.2 Å². The lowest BCUT2D eigenvalue weighted by Crippen LogP contribution is -2.13. The highest BCUT2D eigenvalue weighted by Crippen LogP contribution is 2.47. The van der Waals surface area contributed by atoms with E-state index in [0.717, 1.165) is 93.6 Å². The molecule has 0 saturated carbocycles. The molecule has 7 heteroatoms. The standard InChI is InChI=1S/C58H35N7/c59-36-39-35-46(58-61-56(37-19-3-1-4-20-37)60-57(62-58)38-21-5-2-6-22-38)54(64-49-31-15-9-25-42(49)43-26-10-16-32-50(43)64)55(65-51-33-17-11-27-44(51)45-28-12-18-34-52(45)65)53(39)63-47-29-13-7-23-40(47)41-24-8-14-30-48(41)63/h1-35H. The predicted molar refractivity (Wildman–Crippen MR) is 264 cm³/mol. The van der Waals surface area contributed by atoms with Gasteiger partial charge < -0.3 is 13.7 Å². The minimum absolute atomic E-state index is 0.446. The molecule has 0 aliphatic heterocycles. The molecule has 4 aromatic heterocycles. The summed E-state index contributed by atoms with van der Waals surface area (Å²) in [5, 5.41) is 18.4. The predicted octanol–water partition coefficient (Wildman–Crippen LogP) is 14.0.